The molecule has 0 aromatic heterocycles. The quantitative estimate of drug-likeness (QED) is 0.776. The Labute approximate surface area is 143 Å². The van der Waals surface area contributed by atoms with Crippen LogP contribution in [0, 0.1) is 17.1 Å². The Bertz CT molecular complexity index is 700. The maximum atomic E-state index is 13.8. The number of rotatable bonds is 5. The third kappa shape index (κ3) is 4.01. The summed E-state index contributed by atoms with van der Waals surface area (Å²) in [5, 5.41) is 9.69. The second-order valence-corrected chi connectivity index (χ2v) is 6.47. The Balaban J connectivity index is 1.82. The maximum absolute atomic E-state index is 13.8. The average Bonchev–Trinajstić information content (AvgIpc) is 2.64. The lowest BCUT2D eigenvalue weighted by atomic mass is 9.89. The molecular formula is C21H23FN2. The van der Waals surface area contributed by atoms with Crippen molar-refractivity contribution in [2.24, 2.45) is 0 Å². The van der Waals surface area contributed by atoms with Crippen LogP contribution >= 0.6 is 0 Å². The molecule has 1 heterocycles. The molecule has 2 aromatic rings. The molecule has 1 aliphatic rings. The molecule has 1 atom stereocenters. The summed E-state index contributed by atoms with van der Waals surface area (Å²) in [6.07, 6.45) is 4.61. The van der Waals surface area contributed by atoms with Crippen LogP contribution in [-0.2, 0) is 0 Å². The smallest absolute Gasteiger partial charge is 0.123 e. The number of likely N-dealkylation sites (tertiary alicyclic amines) is 1. The third-order valence-corrected chi connectivity index (χ3v) is 4.81. The van der Waals surface area contributed by atoms with Crippen LogP contribution in [0.1, 0.15) is 37.2 Å². The molecule has 0 N–H and O–H groups in total. The van der Waals surface area contributed by atoms with E-state index in [1.807, 2.05) is 30.3 Å². The molecule has 1 unspecified atom stereocenters. The van der Waals surface area contributed by atoms with Crippen molar-refractivity contribution < 1.29 is 4.39 Å². The minimum absolute atomic E-state index is 0.206. The van der Waals surface area contributed by atoms with Gasteiger partial charge in [0.15, 0.2) is 0 Å². The highest BCUT2D eigenvalue weighted by Crippen LogP contribution is 2.32. The zero-order valence-electron chi connectivity index (χ0n) is 13.9. The fraction of sp³-hybridized carbons (Fsp3) is 0.381. The zero-order chi connectivity index (χ0) is 16.8. The average molecular weight is 322 g/mol. The van der Waals surface area contributed by atoms with Gasteiger partial charge >= 0.3 is 0 Å². The summed E-state index contributed by atoms with van der Waals surface area (Å²) < 4.78 is 13.8. The van der Waals surface area contributed by atoms with Gasteiger partial charge in [0.1, 0.15) is 5.82 Å². The van der Waals surface area contributed by atoms with Crippen molar-refractivity contribution in [3.8, 4) is 17.2 Å². The molecule has 2 aromatic carbocycles. The van der Waals surface area contributed by atoms with Crippen LogP contribution in [0.2, 0.25) is 0 Å². The first-order valence-corrected chi connectivity index (χ1v) is 8.75. The number of piperidine rings is 1. The second-order valence-electron chi connectivity index (χ2n) is 6.47. The molecule has 0 bridgehead atoms. The fourth-order valence-electron chi connectivity index (χ4n) is 3.48. The lowest BCUT2D eigenvalue weighted by Gasteiger charge is -2.27. The predicted octanol–water partition coefficient (Wildman–Crippen LogP) is 4.98. The van der Waals surface area contributed by atoms with E-state index >= 15 is 0 Å². The van der Waals surface area contributed by atoms with Crippen LogP contribution in [-0.4, -0.2) is 24.5 Å². The summed E-state index contributed by atoms with van der Waals surface area (Å²) >= 11 is 0. The van der Waals surface area contributed by atoms with Crippen molar-refractivity contribution in [3.63, 3.8) is 0 Å². The van der Waals surface area contributed by atoms with Gasteiger partial charge in [-0.3, -0.25) is 0 Å². The summed E-state index contributed by atoms with van der Waals surface area (Å²) in [4.78, 5) is 2.44. The van der Waals surface area contributed by atoms with Crippen molar-refractivity contribution in [3.05, 3.63) is 59.9 Å². The number of halogens is 1. The third-order valence-electron chi connectivity index (χ3n) is 4.81. The lowest BCUT2D eigenvalue weighted by Crippen LogP contribution is -2.31. The summed E-state index contributed by atoms with van der Waals surface area (Å²) in [6.45, 7) is 3.20. The van der Waals surface area contributed by atoms with Crippen LogP contribution in [0.15, 0.2) is 48.5 Å². The first-order chi connectivity index (χ1) is 11.8. The van der Waals surface area contributed by atoms with E-state index in [4.69, 9.17) is 0 Å². The molecule has 0 saturated carbocycles. The van der Waals surface area contributed by atoms with Gasteiger partial charge in [-0.15, -0.1) is 0 Å². The Hall–Kier alpha value is -2.18. The summed E-state index contributed by atoms with van der Waals surface area (Å²) in [5.41, 5.74) is 2.73. The van der Waals surface area contributed by atoms with Gasteiger partial charge in [0, 0.05) is 0 Å². The van der Waals surface area contributed by atoms with Gasteiger partial charge in [-0.1, -0.05) is 42.8 Å². The SMILES string of the molecule is N#CC(CCN1CCCCC1)c1ccc(F)cc1-c1ccccc1. The van der Waals surface area contributed by atoms with Gasteiger partial charge in [-0.2, -0.15) is 5.26 Å². The molecule has 0 amide bonds. The maximum Gasteiger partial charge on any atom is 0.123 e. The van der Waals surface area contributed by atoms with Gasteiger partial charge in [0.05, 0.1) is 12.0 Å². The molecule has 0 radical (unpaired) electrons. The van der Waals surface area contributed by atoms with Crippen molar-refractivity contribution in [1.82, 2.24) is 4.90 Å². The molecule has 0 spiro atoms. The van der Waals surface area contributed by atoms with E-state index in [0.29, 0.717) is 0 Å². The largest absolute Gasteiger partial charge is 0.303 e. The van der Waals surface area contributed by atoms with Gasteiger partial charge in [-0.25, -0.2) is 4.39 Å². The van der Waals surface area contributed by atoms with Gasteiger partial charge in [-0.05, 0) is 67.7 Å². The molecule has 24 heavy (non-hydrogen) atoms. The van der Waals surface area contributed by atoms with Crippen LogP contribution in [0.3, 0.4) is 0 Å². The van der Waals surface area contributed by atoms with Crippen molar-refractivity contribution in [2.75, 3.05) is 19.6 Å². The molecule has 1 aliphatic heterocycles. The van der Waals surface area contributed by atoms with Gasteiger partial charge < -0.3 is 4.90 Å². The number of nitrogens with zero attached hydrogens (tertiary/aromatic N) is 2. The highest BCUT2D eigenvalue weighted by atomic mass is 19.1. The summed E-state index contributed by atoms with van der Waals surface area (Å²) in [7, 11) is 0. The van der Waals surface area contributed by atoms with E-state index in [0.717, 1.165) is 42.7 Å². The molecule has 0 aliphatic carbocycles. The van der Waals surface area contributed by atoms with E-state index in [2.05, 4.69) is 11.0 Å². The van der Waals surface area contributed by atoms with E-state index in [-0.39, 0.29) is 11.7 Å². The van der Waals surface area contributed by atoms with E-state index < -0.39 is 0 Å². The number of hydrogen-bond donors (Lipinski definition) is 0. The van der Waals surface area contributed by atoms with Crippen molar-refractivity contribution >= 4 is 0 Å². The van der Waals surface area contributed by atoms with Crippen LogP contribution < -0.4 is 0 Å². The Morgan fingerprint density at radius 3 is 2.50 bits per heavy atom. The standard InChI is InChI=1S/C21H23FN2/c22-19-9-10-20(21(15-19)17-7-3-1-4-8-17)18(16-23)11-14-24-12-5-2-6-13-24/h1,3-4,7-10,15,18H,2,5-6,11-14H2. The summed E-state index contributed by atoms with van der Waals surface area (Å²) in [5.74, 6) is -0.465. The number of hydrogen-bond acceptors (Lipinski definition) is 2. The Morgan fingerprint density at radius 1 is 1.04 bits per heavy atom. The highest BCUT2D eigenvalue weighted by Gasteiger charge is 2.19. The first-order valence-electron chi connectivity index (χ1n) is 8.75. The molecule has 124 valence electrons. The summed E-state index contributed by atoms with van der Waals surface area (Å²) in [6, 6.07) is 17.0. The van der Waals surface area contributed by atoms with Gasteiger partial charge in [0.2, 0.25) is 0 Å². The monoisotopic (exact) mass is 322 g/mol. The normalized spacial score (nSPS) is 16.5. The molecule has 1 saturated heterocycles. The molecule has 2 nitrogen and oxygen atoms in total. The van der Waals surface area contributed by atoms with Crippen molar-refractivity contribution in [1.29, 1.82) is 5.26 Å². The molecule has 1 fully saturated rings. The van der Waals surface area contributed by atoms with Crippen molar-refractivity contribution in [2.45, 2.75) is 31.6 Å². The lowest BCUT2D eigenvalue weighted by molar-refractivity contribution is 0.224. The topological polar surface area (TPSA) is 27.0 Å². The molecule has 3 heteroatoms. The van der Waals surface area contributed by atoms with Crippen LogP contribution in [0.25, 0.3) is 11.1 Å². The molecular weight excluding hydrogens is 299 g/mol. The fourth-order valence-corrected chi connectivity index (χ4v) is 3.48. The minimum Gasteiger partial charge on any atom is -0.303 e. The van der Waals surface area contributed by atoms with E-state index in [9.17, 15) is 9.65 Å². The first kappa shape index (κ1) is 16.7. The zero-order valence-corrected chi connectivity index (χ0v) is 13.9. The number of nitriles is 1. The minimum atomic E-state index is -0.259. The van der Waals surface area contributed by atoms with Gasteiger partial charge in [0.25, 0.3) is 0 Å². The predicted molar refractivity (Wildman–Crippen MR) is 95.1 cm³/mol. The van der Waals surface area contributed by atoms with Crippen LogP contribution in [0.5, 0.6) is 0 Å². The highest BCUT2D eigenvalue weighted by molar-refractivity contribution is 5.68. The Kier molecular flexibility index (Phi) is 5.61. The second kappa shape index (κ2) is 8.08. The van der Waals surface area contributed by atoms with Crippen LogP contribution in [0.4, 0.5) is 4.39 Å². The Morgan fingerprint density at radius 2 is 1.79 bits per heavy atom. The van der Waals surface area contributed by atoms with E-state index in [1.54, 1.807) is 12.1 Å². The van der Waals surface area contributed by atoms with E-state index in [1.165, 1.54) is 25.3 Å². The number of benzene rings is 2. The molecule has 3 rings (SSSR count).